The lowest BCUT2D eigenvalue weighted by Crippen LogP contribution is -2.50. The second-order valence-corrected chi connectivity index (χ2v) is 21.1. The van der Waals surface area contributed by atoms with Crippen LogP contribution < -0.4 is 17.6 Å². The number of amides is 7. The van der Waals surface area contributed by atoms with Gasteiger partial charge in [0.25, 0.3) is 0 Å². The van der Waals surface area contributed by atoms with Crippen LogP contribution in [0.1, 0.15) is 12.8 Å². The highest BCUT2D eigenvalue weighted by Crippen LogP contribution is 2.63. The van der Waals surface area contributed by atoms with E-state index in [4.69, 9.17) is 42.1 Å². The van der Waals surface area contributed by atoms with Gasteiger partial charge in [-0.05, 0) is 0 Å². The second kappa shape index (κ2) is 22.7. The summed E-state index contributed by atoms with van der Waals surface area (Å²) in [6.45, 7) is 0. The van der Waals surface area contributed by atoms with Gasteiger partial charge in [-0.15, -0.1) is 0 Å². The molecule has 34 nitrogen and oxygen atoms in total. The number of hydrogen-bond acceptors (Lipinski definition) is 25. The first-order valence-corrected chi connectivity index (χ1v) is 25.1. The number of phosphoric ester groups is 3. The third kappa shape index (κ3) is 10.4. The van der Waals surface area contributed by atoms with Gasteiger partial charge in [0.15, 0.2) is 6.10 Å². The minimum atomic E-state index is -4.50. The Morgan fingerprint density at radius 2 is 0.917 bits per heavy atom. The van der Waals surface area contributed by atoms with Crippen molar-refractivity contribution in [2.45, 2.75) is 86.1 Å². The van der Waals surface area contributed by atoms with E-state index in [1.54, 1.807) is 0 Å². The van der Waals surface area contributed by atoms with Crippen LogP contribution in [0.3, 0.4) is 0 Å². The van der Waals surface area contributed by atoms with E-state index in [9.17, 15) is 71.8 Å². The SMILES string of the molecule is CN1C(=O)C2C3OC(C4OP(=O)(O)OC43)C2C1=O.CNC(=O)CCC(=O)OC1C(OP(=O)(O)OC)C2OC1C1C(=O)N(C)C(=O)C21.CO.COP(=O)(O)OC1C(O)C2OC1C1C(=O)N(C)C(=O)C21.N.N.O.O. The number of rotatable bonds is 10. The van der Waals surface area contributed by atoms with Gasteiger partial charge in [-0.1, -0.05) is 0 Å². The average Bonchev–Trinajstić information content (AvgIpc) is 4.21. The van der Waals surface area contributed by atoms with Crippen molar-refractivity contribution in [3.63, 3.8) is 0 Å². The summed E-state index contributed by atoms with van der Waals surface area (Å²) in [5.41, 5.74) is 0. The Bertz CT molecular complexity index is 2260. The van der Waals surface area contributed by atoms with Crippen LogP contribution in [0.15, 0.2) is 0 Å². The molecule has 7 amide bonds. The van der Waals surface area contributed by atoms with Crippen molar-refractivity contribution < 1.29 is 134 Å². The number of likely N-dealkylation sites (tertiary alicyclic amines) is 3. The van der Waals surface area contributed by atoms with Crippen LogP contribution in [0.5, 0.6) is 0 Å². The van der Waals surface area contributed by atoms with Crippen LogP contribution in [0, 0.1) is 35.5 Å². The van der Waals surface area contributed by atoms with Crippen LogP contribution >= 0.6 is 23.5 Å². The summed E-state index contributed by atoms with van der Waals surface area (Å²) < 4.78 is 85.1. The first-order valence-electron chi connectivity index (χ1n) is 20.6. The lowest BCUT2D eigenvalue weighted by molar-refractivity contribution is -0.160. The summed E-state index contributed by atoms with van der Waals surface area (Å²) >= 11 is 0. The fourth-order valence-corrected chi connectivity index (χ4v) is 12.9. The largest absolute Gasteiger partial charge is 0.473 e. The number of esters is 1. The van der Waals surface area contributed by atoms with Crippen molar-refractivity contribution in [2.24, 2.45) is 35.5 Å². The molecule has 10 fully saturated rings. The van der Waals surface area contributed by atoms with E-state index in [0.29, 0.717) is 0 Å². The Balaban J connectivity index is 0.000000279. The topological polar surface area (TPSA) is 536 Å². The van der Waals surface area contributed by atoms with Crippen LogP contribution in [0.2, 0.25) is 0 Å². The molecule has 0 aromatic rings. The molecule has 10 rings (SSSR count). The molecule has 0 aromatic heterocycles. The lowest BCUT2D eigenvalue weighted by atomic mass is 9.78. The average molecular weight is 1100 g/mol. The molecule has 20 unspecified atom stereocenters. The highest BCUT2D eigenvalue weighted by molar-refractivity contribution is 7.48. The van der Waals surface area contributed by atoms with Gasteiger partial charge in [0.2, 0.25) is 41.4 Å². The monoisotopic (exact) mass is 1100 g/mol. The minimum absolute atomic E-state index is 0. The number of carbonyl (C=O) groups excluding carboxylic acids is 8. The van der Waals surface area contributed by atoms with Gasteiger partial charge >= 0.3 is 29.4 Å². The third-order valence-electron chi connectivity index (χ3n) is 13.4. The number of fused-ring (bicyclic) bond motifs is 18. The van der Waals surface area contributed by atoms with E-state index >= 15 is 0 Å². The quantitative estimate of drug-likeness (QED) is 0.0574. The molecule has 10 aliphatic rings. The smallest absolute Gasteiger partial charge is 0.457 e. The van der Waals surface area contributed by atoms with Gasteiger partial charge in [-0.3, -0.25) is 80.2 Å². The molecule has 10 heterocycles. The number of imide groups is 3. The zero-order valence-electron chi connectivity index (χ0n) is 39.2. The van der Waals surface area contributed by atoms with E-state index in [1.165, 1.54) is 28.2 Å². The van der Waals surface area contributed by atoms with Crippen molar-refractivity contribution in [3.8, 4) is 0 Å². The molecule has 16 N–H and O–H groups in total. The van der Waals surface area contributed by atoms with E-state index < -0.39 is 162 Å². The van der Waals surface area contributed by atoms with Crippen LogP contribution in [0.4, 0.5) is 0 Å². The van der Waals surface area contributed by atoms with Gasteiger partial charge < -0.3 is 72.4 Å². The van der Waals surface area contributed by atoms with Gasteiger partial charge in [-0.25, -0.2) is 13.7 Å². The van der Waals surface area contributed by atoms with Gasteiger partial charge in [0, 0.05) is 55.9 Å². The maximum Gasteiger partial charge on any atom is 0.473 e. The fraction of sp³-hybridized carbons (Fsp3) is 0.771. The van der Waals surface area contributed by atoms with E-state index in [2.05, 4.69) is 14.4 Å². The summed E-state index contributed by atoms with van der Waals surface area (Å²) in [5.74, 6) is -8.15. The highest BCUT2D eigenvalue weighted by atomic mass is 31.2. The van der Waals surface area contributed by atoms with E-state index in [1.807, 2.05) is 0 Å². The third-order valence-corrected chi connectivity index (χ3v) is 16.4. The predicted molar refractivity (Wildman–Crippen MR) is 228 cm³/mol. The molecule has 0 radical (unpaired) electrons. The van der Waals surface area contributed by atoms with E-state index in [0.717, 1.165) is 36.0 Å². The maximum absolute atomic E-state index is 12.4. The minimum Gasteiger partial charge on any atom is -0.457 e. The van der Waals surface area contributed by atoms with Gasteiger partial charge in [0.1, 0.15) is 42.7 Å². The standard InChI is InChI=1S/C15H21N2O10P.C10H14NO8P.C9H10NO7P.CH4O.2H3N.2H2O/c1-16-6(18)4-5-7(19)25-12-10-8-9(15(21)17(2)14(8)20)11(26-10)13(12)27-28(22,23)24-3;1-11-9(13)3-4(10(11)14)7-8(5(12)6(3)18-7)19-20(15,16)17-2;1-10-8(11)2-3(9(10)12)5-7-6(4(2)15-5)16-18(13,14)17-7;1-2;;;;/h8-13H,4-5H2,1-3H3,(H,16,18)(H,22,23);3-8,12H,1-2H3,(H,15,16);2-7H,1H3,(H,13,14);2H,1H3;2*1H3;2*1H2. The Labute approximate surface area is 407 Å². The highest BCUT2D eigenvalue weighted by Gasteiger charge is 2.74. The first-order chi connectivity index (χ1) is 31.8. The zero-order chi connectivity index (χ0) is 50.4. The van der Waals surface area contributed by atoms with Crippen molar-refractivity contribution in [2.75, 3.05) is 49.5 Å². The number of nitrogens with zero attached hydrogens (tertiary/aromatic N) is 3. The molecule has 0 saturated carbocycles. The summed E-state index contributed by atoms with van der Waals surface area (Å²) in [5, 5.41) is 19.4. The van der Waals surface area contributed by atoms with Crippen molar-refractivity contribution in [3.05, 3.63) is 0 Å². The lowest BCUT2D eigenvalue weighted by Gasteiger charge is -2.32. The second-order valence-electron chi connectivity index (χ2n) is 16.7. The van der Waals surface area contributed by atoms with Gasteiger partial charge in [0.05, 0.1) is 66.3 Å². The molecule has 10 saturated heterocycles. The molecular weight excluding hydrogens is 1050 g/mol. The number of hydrogen-bond donors (Lipinski definition) is 8. The fourth-order valence-electron chi connectivity index (χ4n) is 10.4. The zero-order valence-corrected chi connectivity index (χ0v) is 41.9. The van der Waals surface area contributed by atoms with Crippen LogP contribution in [-0.2, 0) is 98.1 Å². The summed E-state index contributed by atoms with van der Waals surface area (Å²) in [6, 6.07) is 0. The number of aliphatic hydroxyl groups is 2. The summed E-state index contributed by atoms with van der Waals surface area (Å²) in [7, 11) is -4.41. The van der Waals surface area contributed by atoms with Crippen molar-refractivity contribution in [1.29, 1.82) is 0 Å². The number of aliphatic hydroxyl groups excluding tert-OH is 2. The molecule has 412 valence electrons. The van der Waals surface area contributed by atoms with Crippen molar-refractivity contribution in [1.82, 2.24) is 32.3 Å². The molecule has 0 spiro atoms. The first kappa shape index (κ1) is 62.6. The molecule has 0 aliphatic carbocycles. The Morgan fingerprint density at radius 3 is 1.31 bits per heavy atom. The number of carbonyl (C=O) groups is 8. The predicted octanol–water partition coefficient (Wildman–Crippen LogP) is -5.77. The Morgan fingerprint density at radius 1 is 0.597 bits per heavy atom. The number of nitrogens with one attached hydrogen (secondary N) is 1. The molecule has 72 heavy (non-hydrogen) atoms. The van der Waals surface area contributed by atoms with Crippen LogP contribution in [0.25, 0.3) is 0 Å². The normalized spacial score (nSPS) is 41.0. The van der Waals surface area contributed by atoms with Gasteiger partial charge in [-0.2, -0.15) is 0 Å². The molecule has 20 atom stereocenters. The summed E-state index contributed by atoms with van der Waals surface area (Å²) in [6.07, 6.45) is -12.0. The number of phosphoric acid groups is 3. The van der Waals surface area contributed by atoms with E-state index in [-0.39, 0.29) is 53.8 Å². The Hall–Kier alpha value is -3.67. The summed E-state index contributed by atoms with van der Waals surface area (Å²) in [4.78, 5) is 127. The Kier molecular flexibility index (Phi) is 19.7. The molecule has 37 heteroatoms. The number of ether oxygens (including phenoxy) is 4. The molecule has 6 bridgehead atoms. The maximum atomic E-state index is 12.4. The van der Waals surface area contributed by atoms with Crippen molar-refractivity contribution >= 4 is 70.8 Å². The molecule has 0 aromatic carbocycles. The molecule has 10 aliphatic heterocycles. The molecular formula is C35H59N6O28P3. The van der Waals surface area contributed by atoms with Crippen LogP contribution in [-0.4, -0.2) is 221 Å².